The Kier molecular flexibility index (Phi) is 3.52. The van der Waals surface area contributed by atoms with Gasteiger partial charge in [0.25, 0.3) is 0 Å². The number of carbonyl (C=O) groups excluding carboxylic acids is 1. The van der Waals surface area contributed by atoms with Crippen LogP contribution in [0.15, 0.2) is 0 Å². The molecule has 3 aliphatic rings. The Labute approximate surface area is 118 Å². The molecule has 0 atom stereocenters. The zero-order chi connectivity index (χ0) is 13.5. The van der Waals surface area contributed by atoms with Crippen molar-refractivity contribution in [3.8, 4) is 0 Å². The van der Waals surface area contributed by atoms with Crippen LogP contribution in [0, 0.1) is 22.7 Å². The normalized spacial score (nSPS) is 46.5. The van der Waals surface area contributed by atoms with Crippen LogP contribution < -0.4 is 0 Å². The molecule has 0 aromatic rings. The van der Waals surface area contributed by atoms with E-state index in [4.69, 9.17) is 0 Å². The first-order valence-corrected chi connectivity index (χ1v) is 8.69. The summed E-state index contributed by atoms with van der Waals surface area (Å²) in [4.78, 5) is 12.9. The Balaban J connectivity index is 1.61. The summed E-state index contributed by atoms with van der Waals surface area (Å²) in [6.45, 7) is 4.61. The van der Waals surface area contributed by atoms with Crippen LogP contribution in [0.25, 0.3) is 0 Å². The van der Waals surface area contributed by atoms with Crippen molar-refractivity contribution in [1.82, 2.24) is 0 Å². The van der Waals surface area contributed by atoms with Gasteiger partial charge in [-0.1, -0.05) is 26.7 Å². The highest BCUT2D eigenvalue weighted by Crippen LogP contribution is 2.64. The van der Waals surface area contributed by atoms with Gasteiger partial charge in [-0.3, -0.25) is 4.79 Å². The zero-order valence-corrected chi connectivity index (χ0v) is 12.8. The minimum Gasteiger partial charge on any atom is -0.298 e. The molecule has 2 spiro atoms. The third-order valence-electron chi connectivity index (χ3n) is 6.92. The Hall–Kier alpha value is -0.330. The van der Waals surface area contributed by atoms with E-state index < -0.39 is 0 Å². The second-order valence-corrected chi connectivity index (χ2v) is 7.77. The topological polar surface area (TPSA) is 17.1 Å². The molecule has 3 saturated carbocycles. The molecule has 3 rings (SSSR count). The number of hydrogen-bond acceptors (Lipinski definition) is 1. The van der Waals surface area contributed by atoms with Crippen molar-refractivity contribution in [3.05, 3.63) is 0 Å². The molecule has 0 amide bonds. The maximum absolute atomic E-state index is 12.9. The lowest BCUT2D eigenvalue weighted by molar-refractivity contribution is -0.169. The molecular formula is C18H30O. The van der Waals surface area contributed by atoms with Crippen LogP contribution in [0.1, 0.15) is 84.5 Å². The highest BCUT2D eigenvalue weighted by Gasteiger charge is 2.62. The smallest absolute Gasteiger partial charge is 0.145 e. The molecule has 1 heteroatoms. The fourth-order valence-corrected chi connectivity index (χ4v) is 5.35. The molecule has 0 aromatic carbocycles. The van der Waals surface area contributed by atoms with Gasteiger partial charge in [-0.25, -0.2) is 0 Å². The van der Waals surface area contributed by atoms with Crippen molar-refractivity contribution in [2.45, 2.75) is 84.5 Å². The maximum atomic E-state index is 12.9. The van der Waals surface area contributed by atoms with Crippen molar-refractivity contribution in [1.29, 1.82) is 0 Å². The molecule has 108 valence electrons. The quantitative estimate of drug-likeness (QED) is 0.674. The highest BCUT2D eigenvalue weighted by atomic mass is 16.1. The van der Waals surface area contributed by atoms with Gasteiger partial charge in [0.15, 0.2) is 0 Å². The van der Waals surface area contributed by atoms with Gasteiger partial charge in [-0.05, 0) is 69.6 Å². The van der Waals surface area contributed by atoms with Gasteiger partial charge in [-0.15, -0.1) is 0 Å². The molecule has 0 saturated heterocycles. The summed E-state index contributed by atoms with van der Waals surface area (Å²) in [5, 5.41) is 0. The van der Waals surface area contributed by atoms with Gasteiger partial charge in [0, 0.05) is 10.8 Å². The van der Waals surface area contributed by atoms with Crippen molar-refractivity contribution < 1.29 is 4.79 Å². The van der Waals surface area contributed by atoms with Gasteiger partial charge in [0.05, 0.1) is 0 Å². The SMILES string of the molecule is CCC1CC[C@]2(CC1)C[C@@]1(CCC(CC)CC1)C2=O. The Morgan fingerprint density at radius 2 is 1.21 bits per heavy atom. The first-order valence-electron chi connectivity index (χ1n) is 8.69. The standard InChI is InChI=1S/C18H30O/c1-3-14-5-9-17(10-6-14)13-18(16(17)19)11-7-15(4-2)8-12-18/h14-15H,3-13H2,1-2H3/t14?,15?,17-,18-. The van der Waals surface area contributed by atoms with E-state index in [2.05, 4.69) is 13.8 Å². The molecule has 19 heavy (non-hydrogen) atoms. The van der Waals surface area contributed by atoms with Gasteiger partial charge >= 0.3 is 0 Å². The summed E-state index contributed by atoms with van der Waals surface area (Å²) < 4.78 is 0. The summed E-state index contributed by atoms with van der Waals surface area (Å²) in [6.07, 6.45) is 14.0. The summed E-state index contributed by atoms with van der Waals surface area (Å²) in [6, 6.07) is 0. The van der Waals surface area contributed by atoms with Crippen LogP contribution in [-0.4, -0.2) is 5.78 Å². The maximum Gasteiger partial charge on any atom is 0.145 e. The predicted molar refractivity (Wildman–Crippen MR) is 79.0 cm³/mol. The highest BCUT2D eigenvalue weighted by molar-refractivity contribution is 5.96. The van der Waals surface area contributed by atoms with Gasteiger partial charge < -0.3 is 0 Å². The second kappa shape index (κ2) is 4.90. The van der Waals surface area contributed by atoms with Crippen LogP contribution in [0.2, 0.25) is 0 Å². The second-order valence-electron chi connectivity index (χ2n) is 7.77. The van der Waals surface area contributed by atoms with E-state index in [9.17, 15) is 4.79 Å². The molecule has 0 heterocycles. The summed E-state index contributed by atoms with van der Waals surface area (Å²) in [7, 11) is 0. The third kappa shape index (κ3) is 2.08. The number of Topliss-reactive ketones (excluding diaryl/α,β-unsaturated/α-hetero) is 1. The monoisotopic (exact) mass is 262 g/mol. The molecule has 0 bridgehead atoms. The number of ketones is 1. The van der Waals surface area contributed by atoms with E-state index in [1.165, 1.54) is 70.6 Å². The lowest BCUT2D eigenvalue weighted by atomic mass is 9.43. The van der Waals surface area contributed by atoms with Crippen LogP contribution in [0.5, 0.6) is 0 Å². The van der Waals surface area contributed by atoms with Crippen LogP contribution >= 0.6 is 0 Å². The molecule has 3 fully saturated rings. The van der Waals surface area contributed by atoms with E-state index in [0.29, 0.717) is 5.78 Å². The molecule has 0 aliphatic heterocycles. The zero-order valence-electron chi connectivity index (χ0n) is 12.8. The van der Waals surface area contributed by atoms with Crippen molar-refractivity contribution in [2.24, 2.45) is 22.7 Å². The van der Waals surface area contributed by atoms with Gasteiger partial charge in [0.2, 0.25) is 0 Å². The summed E-state index contributed by atoms with van der Waals surface area (Å²) >= 11 is 0. The summed E-state index contributed by atoms with van der Waals surface area (Å²) in [5.74, 6) is 2.51. The van der Waals surface area contributed by atoms with Crippen LogP contribution in [-0.2, 0) is 4.79 Å². The lowest BCUT2D eigenvalue weighted by Crippen LogP contribution is -2.59. The largest absolute Gasteiger partial charge is 0.298 e. The number of rotatable bonds is 2. The molecule has 0 radical (unpaired) electrons. The molecule has 0 N–H and O–H groups in total. The fraction of sp³-hybridized carbons (Fsp3) is 0.944. The van der Waals surface area contributed by atoms with E-state index in [0.717, 1.165) is 11.8 Å². The number of hydrogen-bond donors (Lipinski definition) is 0. The minimum absolute atomic E-state index is 0.157. The van der Waals surface area contributed by atoms with Crippen molar-refractivity contribution in [2.75, 3.05) is 0 Å². The Morgan fingerprint density at radius 3 is 1.47 bits per heavy atom. The fourth-order valence-electron chi connectivity index (χ4n) is 5.35. The van der Waals surface area contributed by atoms with E-state index >= 15 is 0 Å². The Bertz CT molecular complexity index is 309. The van der Waals surface area contributed by atoms with Crippen molar-refractivity contribution in [3.63, 3.8) is 0 Å². The average molecular weight is 262 g/mol. The molecule has 0 aromatic heterocycles. The predicted octanol–water partition coefficient (Wildman–Crippen LogP) is 5.13. The molecule has 0 unspecified atom stereocenters. The van der Waals surface area contributed by atoms with Crippen LogP contribution in [0.4, 0.5) is 0 Å². The first-order chi connectivity index (χ1) is 9.14. The van der Waals surface area contributed by atoms with Crippen LogP contribution in [0.3, 0.4) is 0 Å². The number of carbonyl (C=O) groups is 1. The van der Waals surface area contributed by atoms with Gasteiger partial charge in [-0.2, -0.15) is 0 Å². The third-order valence-corrected chi connectivity index (χ3v) is 6.92. The molecular weight excluding hydrogens is 232 g/mol. The molecule has 3 aliphatic carbocycles. The van der Waals surface area contributed by atoms with Crippen molar-refractivity contribution >= 4 is 5.78 Å². The summed E-state index contributed by atoms with van der Waals surface area (Å²) in [5.41, 5.74) is 0.315. The average Bonchev–Trinajstić information content (AvgIpc) is 2.48. The Morgan fingerprint density at radius 1 is 0.842 bits per heavy atom. The minimum atomic E-state index is 0.157. The van der Waals surface area contributed by atoms with Gasteiger partial charge in [0.1, 0.15) is 5.78 Å². The first kappa shape index (κ1) is 13.6. The lowest BCUT2D eigenvalue weighted by Gasteiger charge is -2.59. The molecule has 1 nitrogen and oxygen atoms in total. The van der Waals surface area contributed by atoms with E-state index in [-0.39, 0.29) is 10.8 Å². The van der Waals surface area contributed by atoms with E-state index in [1.807, 2.05) is 0 Å². The van der Waals surface area contributed by atoms with E-state index in [1.54, 1.807) is 0 Å².